The Bertz CT molecular complexity index is 577. The van der Waals surface area contributed by atoms with Gasteiger partial charge in [-0.15, -0.1) is 11.8 Å². The summed E-state index contributed by atoms with van der Waals surface area (Å²) >= 11 is 1.66. The number of rotatable bonds is 5. The molecule has 0 aliphatic rings. The van der Waals surface area contributed by atoms with E-state index in [0.29, 0.717) is 5.56 Å². The second kappa shape index (κ2) is 6.61. The third-order valence-corrected chi connectivity index (χ3v) is 4.02. The van der Waals surface area contributed by atoms with Crippen molar-refractivity contribution in [1.29, 1.82) is 0 Å². The SMILES string of the molecule is CCC(C)n1nccc1NC(=O)c1ccc(SC)cc1. The number of anilines is 1. The number of nitrogens with zero attached hydrogens (tertiary/aromatic N) is 2. The molecule has 0 fully saturated rings. The molecule has 0 aliphatic heterocycles. The highest BCUT2D eigenvalue weighted by Gasteiger charge is 2.12. The largest absolute Gasteiger partial charge is 0.307 e. The van der Waals surface area contributed by atoms with Gasteiger partial charge in [0.05, 0.1) is 12.2 Å². The van der Waals surface area contributed by atoms with Gasteiger partial charge in [0.2, 0.25) is 0 Å². The van der Waals surface area contributed by atoms with Gasteiger partial charge >= 0.3 is 0 Å². The average molecular weight is 289 g/mol. The van der Waals surface area contributed by atoms with E-state index in [1.54, 1.807) is 18.0 Å². The number of hydrogen-bond acceptors (Lipinski definition) is 3. The molecule has 20 heavy (non-hydrogen) atoms. The topological polar surface area (TPSA) is 46.9 Å². The van der Waals surface area contributed by atoms with E-state index in [1.807, 2.05) is 41.3 Å². The number of carbonyl (C=O) groups is 1. The standard InChI is InChI=1S/C15H19N3OS/c1-4-11(2)18-14(9-10-16-18)17-15(19)12-5-7-13(20-3)8-6-12/h5-11H,4H2,1-3H3,(H,17,19). The first-order chi connectivity index (χ1) is 9.65. The Morgan fingerprint density at radius 2 is 2.05 bits per heavy atom. The van der Waals surface area contributed by atoms with Crippen LogP contribution in [0, 0.1) is 0 Å². The lowest BCUT2D eigenvalue weighted by molar-refractivity contribution is 0.102. The summed E-state index contributed by atoms with van der Waals surface area (Å²) in [7, 11) is 0. The van der Waals surface area contributed by atoms with Crippen molar-refractivity contribution >= 4 is 23.5 Å². The lowest BCUT2D eigenvalue weighted by Gasteiger charge is -2.14. The summed E-state index contributed by atoms with van der Waals surface area (Å²) in [6.45, 7) is 4.18. The van der Waals surface area contributed by atoms with E-state index in [9.17, 15) is 4.79 Å². The fourth-order valence-corrected chi connectivity index (χ4v) is 2.28. The van der Waals surface area contributed by atoms with Crippen molar-refractivity contribution in [3.05, 3.63) is 42.1 Å². The van der Waals surface area contributed by atoms with Gasteiger partial charge in [0.25, 0.3) is 5.91 Å². The lowest BCUT2D eigenvalue weighted by Crippen LogP contribution is -2.17. The van der Waals surface area contributed by atoms with Gasteiger partial charge in [0.1, 0.15) is 5.82 Å². The summed E-state index contributed by atoms with van der Waals surface area (Å²) in [6.07, 6.45) is 4.69. The van der Waals surface area contributed by atoms with Gasteiger partial charge in [-0.3, -0.25) is 4.79 Å². The third kappa shape index (κ3) is 3.22. The Morgan fingerprint density at radius 1 is 1.35 bits per heavy atom. The predicted octanol–water partition coefficient (Wildman–Crippen LogP) is 3.83. The van der Waals surface area contributed by atoms with Gasteiger partial charge in [-0.1, -0.05) is 6.92 Å². The highest BCUT2D eigenvalue weighted by atomic mass is 32.2. The molecule has 4 nitrogen and oxygen atoms in total. The maximum absolute atomic E-state index is 12.2. The number of nitrogens with one attached hydrogen (secondary N) is 1. The van der Waals surface area contributed by atoms with Gasteiger partial charge in [0, 0.05) is 16.5 Å². The highest BCUT2D eigenvalue weighted by molar-refractivity contribution is 7.98. The minimum absolute atomic E-state index is 0.109. The molecule has 1 aromatic carbocycles. The third-order valence-electron chi connectivity index (χ3n) is 3.27. The second-order valence-electron chi connectivity index (χ2n) is 4.60. The maximum Gasteiger partial charge on any atom is 0.256 e. The smallest absolute Gasteiger partial charge is 0.256 e. The number of thioether (sulfide) groups is 1. The van der Waals surface area contributed by atoms with E-state index in [2.05, 4.69) is 24.3 Å². The summed E-state index contributed by atoms with van der Waals surface area (Å²) in [5.74, 6) is 0.626. The number of hydrogen-bond donors (Lipinski definition) is 1. The first-order valence-corrected chi connectivity index (χ1v) is 7.87. The zero-order chi connectivity index (χ0) is 14.5. The van der Waals surface area contributed by atoms with Crippen molar-refractivity contribution in [3.63, 3.8) is 0 Å². The van der Waals surface area contributed by atoms with Gasteiger partial charge in [0.15, 0.2) is 0 Å². The Kier molecular flexibility index (Phi) is 4.84. The van der Waals surface area contributed by atoms with E-state index in [1.165, 1.54) is 0 Å². The van der Waals surface area contributed by atoms with Gasteiger partial charge in [-0.05, 0) is 43.9 Å². The molecule has 0 spiro atoms. The molecule has 0 radical (unpaired) electrons. The minimum atomic E-state index is -0.109. The quantitative estimate of drug-likeness (QED) is 0.851. The van der Waals surface area contributed by atoms with Crippen LogP contribution in [0.25, 0.3) is 0 Å². The van der Waals surface area contributed by atoms with Crippen LogP contribution >= 0.6 is 11.8 Å². The van der Waals surface area contributed by atoms with Crippen LogP contribution in [-0.4, -0.2) is 21.9 Å². The van der Waals surface area contributed by atoms with Crippen LogP contribution in [-0.2, 0) is 0 Å². The first-order valence-electron chi connectivity index (χ1n) is 6.64. The predicted molar refractivity (Wildman–Crippen MR) is 83.4 cm³/mol. The monoisotopic (exact) mass is 289 g/mol. The summed E-state index contributed by atoms with van der Waals surface area (Å²) < 4.78 is 1.84. The molecule has 2 rings (SSSR count). The highest BCUT2D eigenvalue weighted by Crippen LogP contribution is 2.18. The molecule has 5 heteroatoms. The first kappa shape index (κ1) is 14.7. The van der Waals surface area contributed by atoms with Gasteiger partial charge in [-0.2, -0.15) is 5.10 Å². The molecule has 0 saturated carbocycles. The van der Waals surface area contributed by atoms with Crippen molar-refractivity contribution in [2.75, 3.05) is 11.6 Å². The van der Waals surface area contributed by atoms with Crippen LogP contribution < -0.4 is 5.32 Å². The van der Waals surface area contributed by atoms with Crippen LogP contribution in [0.4, 0.5) is 5.82 Å². The van der Waals surface area contributed by atoms with Crippen molar-refractivity contribution in [2.45, 2.75) is 31.2 Å². The molecule has 106 valence electrons. The molecule has 1 N–H and O–H groups in total. The fraction of sp³-hybridized carbons (Fsp3) is 0.333. The summed E-state index contributed by atoms with van der Waals surface area (Å²) in [5.41, 5.74) is 0.653. The van der Waals surface area contributed by atoms with E-state index in [4.69, 9.17) is 0 Å². The Balaban J connectivity index is 2.13. The summed E-state index contributed by atoms with van der Waals surface area (Å²) in [4.78, 5) is 13.4. The Hall–Kier alpha value is -1.75. The number of aromatic nitrogens is 2. The number of amides is 1. The summed E-state index contributed by atoms with van der Waals surface area (Å²) in [6, 6.07) is 9.66. The molecule has 0 bridgehead atoms. The molecule has 1 heterocycles. The summed E-state index contributed by atoms with van der Waals surface area (Å²) in [5, 5.41) is 7.17. The second-order valence-corrected chi connectivity index (χ2v) is 5.48. The zero-order valence-corrected chi connectivity index (χ0v) is 12.8. The molecular weight excluding hydrogens is 270 g/mol. The molecule has 0 saturated heterocycles. The normalized spacial score (nSPS) is 12.2. The van der Waals surface area contributed by atoms with Crippen LogP contribution in [0.5, 0.6) is 0 Å². The van der Waals surface area contributed by atoms with E-state index < -0.39 is 0 Å². The maximum atomic E-state index is 12.2. The lowest BCUT2D eigenvalue weighted by atomic mass is 10.2. The van der Waals surface area contributed by atoms with Crippen LogP contribution in [0.2, 0.25) is 0 Å². The van der Waals surface area contributed by atoms with Crippen molar-refractivity contribution in [2.24, 2.45) is 0 Å². The van der Waals surface area contributed by atoms with Gasteiger partial charge in [-0.25, -0.2) is 4.68 Å². The molecular formula is C15H19N3OS. The van der Waals surface area contributed by atoms with Crippen molar-refractivity contribution < 1.29 is 4.79 Å². The number of benzene rings is 1. The molecule has 1 aromatic heterocycles. The van der Waals surface area contributed by atoms with Crippen LogP contribution in [0.3, 0.4) is 0 Å². The van der Waals surface area contributed by atoms with Crippen LogP contribution in [0.15, 0.2) is 41.4 Å². The minimum Gasteiger partial charge on any atom is -0.307 e. The Labute approximate surface area is 123 Å². The van der Waals surface area contributed by atoms with Gasteiger partial charge < -0.3 is 5.32 Å². The molecule has 0 aliphatic carbocycles. The fourth-order valence-electron chi connectivity index (χ4n) is 1.87. The van der Waals surface area contributed by atoms with E-state index in [0.717, 1.165) is 17.1 Å². The molecule has 1 unspecified atom stereocenters. The van der Waals surface area contributed by atoms with Crippen molar-refractivity contribution in [3.8, 4) is 0 Å². The molecule has 2 aromatic rings. The average Bonchev–Trinajstić information content (AvgIpc) is 2.94. The Morgan fingerprint density at radius 3 is 2.65 bits per heavy atom. The van der Waals surface area contributed by atoms with Crippen LogP contribution in [0.1, 0.15) is 36.7 Å². The van der Waals surface area contributed by atoms with Crippen molar-refractivity contribution in [1.82, 2.24) is 9.78 Å². The van der Waals surface area contributed by atoms with E-state index in [-0.39, 0.29) is 11.9 Å². The number of carbonyl (C=O) groups excluding carboxylic acids is 1. The molecule has 1 amide bonds. The van der Waals surface area contributed by atoms with E-state index >= 15 is 0 Å². The zero-order valence-electron chi connectivity index (χ0n) is 12.0. The molecule has 1 atom stereocenters.